The Kier molecular flexibility index (Phi) is 13.0. The number of methoxy groups -OCH3 is 2. The van der Waals surface area contributed by atoms with Gasteiger partial charge < -0.3 is 14.4 Å². The molecule has 0 spiro atoms. The van der Waals surface area contributed by atoms with E-state index in [0.717, 1.165) is 41.2 Å². The van der Waals surface area contributed by atoms with Gasteiger partial charge >= 0.3 is 0 Å². The zero-order chi connectivity index (χ0) is 29.2. The number of amidine groups is 1. The first-order valence-corrected chi connectivity index (χ1v) is 15.3. The molecule has 0 aliphatic carbocycles. The molecule has 0 heterocycles. The Morgan fingerprint density at radius 3 is 1.55 bits per heavy atom. The average Bonchev–Trinajstić information content (AvgIpc) is 3.00. The van der Waals surface area contributed by atoms with Crippen molar-refractivity contribution in [2.24, 2.45) is 4.99 Å². The first-order valence-electron chi connectivity index (χ1n) is 14.3. The van der Waals surface area contributed by atoms with Gasteiger partial charge in [0.25, 0.3) is 0 Å². The van der Waals surface area contributed by atoms with Gasteiger partial charge in [0.2, 0.25) is 0 Å². The smallest absolute Gasteiger partial charge is 0.165 e. The number of aliphatic imine (C=N–C) groups is 1. The Bertz CT molecular complexity index is 1330. The average molecular weight is 648 g/mol. The number of halogens is 1. The van der Waals surface area contributed by atoms with E-state index in [9.17, 15) is 0 Å². The van der Waals surface area contributed by atoms with Gasteiger partial charge in [-0.05, 0) is 63.9 Å². The van der Waals surface area contributed by atoms with Crippen molar-refractivity contribution in [1.29, 1.82) is 0 Å². The summed E-state index contributed by atoms with van der Waals surface area (Å²) in [4.78, 5) is 7.93. The Hall–Kier alpha value is -3.22. The van der Waals surface area contributed by atoms with Crippen LogP contribution in [0.4, 0.5) is 5.69 Å². The van der Waals surface area contributed by atoms with Crippen LogP contribution in [0, 0.1) is 0 Å². The monoisotopic (exact) mass is 646 g/mol. The van der Waals surface area contributed by atoms with Crippen LogP contribution in [0.3, 0.4) is 0 Å². The molecule has 0 aromatic heterocycles. The summed E-state index contributed by atoms with van der Waals surface area (Å²) in [5, 5.41) is 1.01. The predicted octanol–water partition coefficient (Wildman–Crippen LogP) is 10.2. The Morgan fingerprint density at radius 2 is 1.12 bits per heavy atom. The van der Waals surface area contributed by atoms with E-state index < -0.39 is 0 Å². The molecule has 222 valence electrons. The van der Waals surface area contributed by atoms with Crippen molar-refractivity contribution in [3.05, 3.63) is 125 Å². The summed E-state index contributed by atoms with van der Waals surface area (Å²) >= 11 is 1.80. The standard InChI is InChI=1S/C36H42N2O2S.BrH/c1-26(2)33-13-10-14-34(27(3)4)35(33)37-36(41-25-30-11-8-7-9-12-30)38(23-28-15-19-31(39-5)20-16-28)24-29-17-21-32(40-6)22-18-29;/h7-22,26-27H,23-25H2,1-6H3;1H. The molecule has 0 saturated carbocycles. The van der Waals surface area contributed by atoms with Gasteiger partial charge in [-0.1, -0.05) is 112 Å². The maximum Gasteiger partial charge on any atom is 0.165 e. The summed E-state index contributed by atoms with van der Waals surface area (Å²) in [6.45, 7) is 10.4. The van der Waals surface area contributed by atoms with Crippen LogP contribution in [-0.2, 0) is 18.8 Å². The van der Waals surface area contributed by atoms with Crippen molar-refractivity contribution in [3.8, 4) is 11.5 Å². The highest BCUT2D eigenvalue weighted by molar-refractivity contribution is 8.93. The minimum Gasteiger partial charge on any atom is -0.497 e. The van der Waals surface area contributed by atoms with Gasteiger partial charge in [-0.3, -0.25) is 0 Å². The number of nitrogens with zero attached hydrogens (tertiary/aromatic N) is 2. The van der Waals surface area contributed by atoms with Crippen LogP contribution < -0.4 is 9.47 Å². The number of ether oxygens (including phenoxy) is 2. The summed E-state index contributed by atoms with van der Waals surface area (Å²) in [7, 11) is 3.41. The predicted molar refractivity (Wildman–Crippen MR) is 185 cm³/mol. The van der Waals surface area contributed by atoms with Gasteiger partial charge in [-0.2, -0.15) is 0 Å². The highest BCUT2D eigenvalue weighted by Crippen LogP contribution is 2.36. The molecule has 0 atom stereocenters. The van der Waals surface area contributed by atoms with Crippen LogP contribution in [0.25, 0.3) is 0 Å². The second-order valence-corrected chi connectivity index (χ2v) is 11.8. The molecule has 4 aromatic carbocycles. The van der Waals surface area contributed by atoms with E-state index in [0.29, 0.717) is 11.8 Å². The van der Waals surface area contributed by atoms with Crippen molar-refractivity contribution >= 4 is 39.6 Å². The molecule has 0 aliphatic heterocycles. The molecular formula is C36H43BrN2O2S. The minimum atomic E-state index is 0. The molecule has 0 aliphatic rings. The molecule has 0 fully saturated rings. The van der Waals surface area contributed by atoms with Crippen molar-refractivity contribution in [1.82, 2.24) is 4.90 Å². The largest absolute Gasteiger partial charge is 0.497 e. The number of hydrogen-bond donors (Lipinski definition) is 0. The third kappa shape index (κ3) is 9.14. The lowest BCUT2D eigenvalue weighted by molar-refractivity contribution is 0.405. The summed E-state index contributed by atoms with van der Waals surface area (Å²) in [6, 6.07) is 33.9. The fraction of sp³-hybridized carbons (Fsp3) is 0.306. The second kappa shape index (κ2) is 16.4. The van der Waals surface area contributed by atoms with Crippen LogP contribution in [0.15, 0.2) is 102 Å². The Balaban J connectivity index is 0.00000484. The second-order valence-electron chi connectivity index (χ2n) is 10.8. The SMILES string of the molecule is Br.COc1ccc(CN(Cc2ccc(OC)cc2)C(=Nc2c(C(C)C)cccc2C(C)C)SCc2ccccc2)cc1. The normalized spacial score (nSPS) is 11.4. The van der Waals surface area contributed by atoms with Gasteiger partial charge in [0, 0.05) is 18.8 Å². The lowest BCUT2D eigenvalue weighted by atomic mass is 9.93. The zero-order valence-electron chi connectivity index (χ0n) is 25.5. The maximum atomic E-state index is 5.53. The van der Waals surface area contributed by atoms with Gasteiger partial charge in [0.05, 0.1) is 19.9 Å². The van der Waals surface area contributed by atoms with Gasteiger partial charge in [0.15, 0.2) is 5.17 Å². The zero-order valence-corrected chi connectivity index (χ0v) is 28.1. The molecule has 4 aromatic rings. The lowest BCUT2D eigenvalue weighted by Gasteiger charge is -2.27. The number of hydrogen-bond acceptors (Lipinski definition) is 4. The molecule has 0 amide bonds. The highest BCUT2D eigenvalue weighted by atomic mass is 79.9. The van der Waals surface area contributed by atoms with E-state index in [4.69, 9.17) is 14.5 Å². The van der Waals surface area contributed by atoms with Crippen LogP contribution >= 0.6 is 28.7 Å². The van der Waals surface area contributed by atoms with Crippen LogP contribution in [0.2, 0.25) is 0 Å². The van der Waals surface area contributed by atoms with Crippen LogP contribution in [0.5, 0.6) is 11.5 Å². The molecule has 6 heteroatoms. The fourth-order valence-electron chi connectivity index (χ4n) is 4.75. The van der Waals surface area contributed by atoms with Crippen LogP contribution in [0.1, 0.15) is 67.3 Å². The molecule has 0 unspecified atom stereocenters. The van der Waals surface area contributed by atoms with E-state index in [1.165, 1.54) is 27.8 Å². The van der Waals surface area contributed by atoms with Crippen LogP contribution in [-0.4, -0.2) is 24.3 Å². The summed E-state index contributed by atoms with van der Waals surface area (Å²) in [6.07, 6.45) is 0. The molecule has 0 radical (unpaired) electrons. The number of rotatable bonds is 11. The third-order valence-electron chi connectivity index (χ3n) is 7.10. The molecular weight excluding hydrogens is 604 g/mol. The van der Waals surface area contributed by atoms with E-state index in [1.807, 2.05) is 24.3 Å². The first-order chi connectivity index (χ1) is 19.9. The summed E-state index contributed by atoms with van der Waals surface area (Å²) < 4.78 is 10.8. The van der Waals surface area contributed by atoms with Gasteiger partial charge in [-0.15, -0.1) is 17.0 Å². The lowest BCUT2D eigenvalue weighted by Crippen LogP contribution is -2.28. The summed E-state index contributed by atoms with van der Waals surface area (Å²) in [5.74, 6) is 3.28. The number of para-hydroxylation sites is 1. The van der Waals surface area contributed by atoms with Crippen molar-refractivity contribution in [2.75, 3.05) is 14.2 Å². The minimum absolute atomic E-state index is 0. The third-order valence-corrected chi connectivity index (χ3v) is 8.18. The van der Waals surface area contributed by atoms with Crippen molar-refractivity contribution < 1.29 is 9.47 Å². The maximum absolute atomic E-state index is 5.53. The van der Waals surface area contributed by atoms with E-state index >= 15 is 0 Å². The molecule has 4 rings (SSSR count). The first kappa shape index (κ1) is 33.3. The molecule has 42 heavy (non-hydrogen) atoms. The fourth-order valence-corrected chi connectivity index (χ4v) is 5.70. The van der Waals surface area contributed by atoms with Crippen molar-refractivity contribution in [2.45, 2.75) is 58.4 Å². The summed E-state index contributed by atoms with van der Waals surface area (Å²) in [5.41, 5.74) is 7.34. The molecule has 0 bridgehead atoms. The number of benzene rings is 4. The molecule has 0 saturated heterocycles. The number of thioether (sulfide) groups is 1. The topological polar surface area (TPSA) is 34.1 Å². The Morgan fingerprint density at radius 1 is 0.643 bits per heavy atom. The Labute approximate surface area is 267 Å². The van der Waals surface area contributed by atoms with E-state index in [1.54, 1.807) is 26.0 Å². The molecule has 4 nitrogen and oxygen atoms in total. The van der Waals surface area contributed by atoms with E-state index in [2.05, 4.69) is 105 Å². The molecule has 0 N–H and O–H groups in total. The van der Waals surface area contributed by atoms with Gasteiger partial charge in [0.1, 0.15) is 11.5 Å². The van der Waals surface area contributed by atoms with E-state index in [-0.39, 0.29) is 17.0 Å². The quantitative estimate of drug-likeness (QED) is 0.120. The van der Waals surface area contributed by atoms with Crippen molar-refractivity contribution in [3.63, 3.8) is 0 Å². The highest BCUT2D eigenvalue weighted by Gasteiger charge is 2.19. The van der Waals surface area contributed by atoms with Gasteiger partial charge in [-0.25, -0.2) is 4.99 Å².